The zero-order valence-corrected chi connectivity index (χ0v) is 16.5. The summed E-state index contributed by atoms with van der Waals surface area (Å²) in [5.74, 6) is 0.119. The van der Waals surface area contributed by atoms with Crippen molar-refractivity contribution in [1.29, 1.82) is 0 Å². The molecular formula is C19H16N4O6S. The molecule has 1 N–H and O–H groups in total. The van der Waals surface area contributed by atoms with Crippen LogP contribution in [0.15, 0.2) is 57.9 Å². The Labute approximate surface area is 174 Å². The molecule has 0 saturated heterocycles. The summed E-state index contributed by atoms with van der Waals surface area (Å²) in [7, 11) is 0. The summed E-state index contributed by atoms with van der Waals surface area (Å²) >= 11 is 1.33. The molecule has 3 rings (SSSR count). The van der Waals surface area contributed by atoms with Gasteiger partial charge in [0.25, 0.3) is 11.6 Å². The van der Waals surface area contributed by atoms with E-state index in [4.69, 9.17) is 9.26 Å². The van der Waals surface area contributed by atoms with Crippen molar-refractivity contribution in [3.05, 3.63) is 75.9 Å². The number of anilines is 1. The third kappa shape index (κ3) is 5.64. The molecule has 11 heteroatoms. The van der Waals surface area contributed by atoms with Crippen LogP contribution in [0.1, 0.15) is 22.1 Å². The molecule has 0 aliphatic rings. The molecule has 1 amide bonds. The van der Waals surface area contributed by atoms with Crippen molar-refractivity contribution in [2.75, 3.05) is 11.9 Å². The van der Waals surface area contributed by atoms with Gasteiger partial charge in [-0.15, -0.1) is 11.8 Å². The second-order valence-corrected chi connectivity index (χ2v) is 6.97. The van der Waals surface area contributed by atoms with Gasteiger partial charge in [-0.25, -0.2) is 4.79 Å². The minimum absolute atomic E-state index is 0.0933. The highest BCUT2D eigenvalue weighted by Gasteiger charge is 2.16. The molecule has 0 aliphatic carbocycles. The van der Waals surface area contributed by atoms with E-state index in [1.54, 1.807) is 31.2 Å². The highest BCUT2D eigenvalue weighted by Crippen LogP contribution is 2.26. The van der Waals surface area contributed by atoms with Gasteiger partial charge < -0.3 is 14.6 Å². The number of nitrogens with zero attached hydrogens (tertiary/aromatic N) is 3. The topological polar surface area (TPSA) is 137 Å². The van der Waals surface area contributed by atoms with Gasteiger partial charge in [-0.1, -0.05) is 17.3 Å². The number of nitro benzene ring substituents is 1. The van der Waals surface area contributed by atoms with Crippen LogP contribution in [0.3, 0.4) is 0 Å². The van der Waals surface area contributed by atoms with Gasteiger partial charge in [0.05, 0.1) is 16.2 Å². The smallest absolute Gasteiger partial charge is 0.339 e. The van der Waals surface area contributed by atoms with Crippen molar-refractivity contribution < 1.29 is 23.8 Å². The number of carbonyl (C=O) groups excluding carboxylic acids is 2. The number of esters is 1. The Morgan fingerprint density at radius 2 is 1.93 bits per heavy atom. The average Bonchev–Trinajstić information content (AvgIpc) is 3.16. The molecule has 0 spiro atoms. The normalized spacial score (nSPS) is 10.4. The monoisotopic (exact) mass is 428 g/mol. The number of carbonyl (C=O) groups is 2. The van der Waals surface area contributed by atoms with E-state index in [0.717, 1.165) is 0 Å². The lowest BCUT2D eigenvalue weighted by molar-refractivity contribution is -0.384. The molecule has 3 aromatic rings. The predicted octanol–water partition coefficient (Wildman–Crippen LogP) is 3.37. The summed E-state index contributed by atoms with van der Waals surface area (Å²) < 4.78 is 10.2. The van der Waals surface area contributed by atoms with Crippen molar-refractivity contribution in [2.45, 2.75) is 17.6 Å². The SMILES string of the molecule is Cc1noc(CSc2ccccc2C(=O)OCC(=O)Nc2ccc([N+](=O)[O-])cc2)n1. The predicted molar refractivity (Wildman–Crippen MR) is 107 cm³/mol. The van der Waals surface area contributed by atoms with E-state index in [9.17, 15) is 19.7 Å². The van der Waals surface area contributed by atoms with Gasteiger partial charge in [-0.05, 0) is 31.2 Å². The number of thioether (sulfide) groups is 1. The lowest BCUT2D eigenvalue weighted by Gasteiger charge is -2.09. The molecule has 0 saturated carbocycles. The molecule has 30 heavy (non-hydrogen) atoms. The fourth-order valence-corrected chi connectivity index (χ4v) is 3.25. The van der Waals surface area contributed by atoms with Gasteiger partial charge in [0.1, 0.15) is 0 Å². The number of benzene rings is 2. The quantitative estimate of drug-likeness (QED) is 0.248. The molecule has 154 valence electrons. The Morgan fingerprint density at radius 3 is 2.60 bits per heavy atom. The maximum Gasteiger partial charge on any atom is 0.339 e. The van der Waals surface area contributed by atoms with Crippen molar-refractivity contribution in [3.8, 4) is 0 Å². The fourth-order valence-electron chi connectivity index (χ4n) is 2.37. The van der Waals surface area contributed by atoms with Crippen LogP contribution < -0.4 is 5.32 Å². The summed E-state index contributed by atoms with van der Waals surface area (Å²) in [4.78, 5) is 39.3. The van der Waals surface area contributed by atoms with E-state index in [1.165, 1.54) is 36.0 Å². The first kappa shape index (κ1) is 21.0. The standard InChI is InChI=1S/C19H16N4O6S/c1-12-20-18(29-22-12)11-30-16-5-3-2-4-15(16)19(25)28-10-17(24)21-13-6-8-14(9-7-13)23(26)27/h2-9H,10-11H2,1H3,(H,21,24). The summed E-state index contributed by atoms with van der Waals surface area (Å²) in [6.45, 7) is 1.21. The minimum Gasteiger partial charge on any atom is -0.452 e. The maximum atomic E-state index is 12.4. The molecule has 0 bridgehead atoms. The number of ether oxygens (including phenoxy) is 1. The van der Waals surface area contributed by atoms with Crippen LogP contribution in [0, 0.1) is 17.0 Å². The molecule has 0 fully saturated rings. The van der Waals surface area contributed by atoms with Crippen LogP contribution in [-0.4, -0.2) is 33.5 Å². The summed E-state index contributed by atoms with van der Waals surface area (Å²) in [5.41, 5.74) is 0.568. The molecule has 2 aromatic carbocycles. The second-order valence-electron chi connectivity index (χ2n) is 5.95. The average molecular weight is 428 g/mol. The summed E-state index contributed by atoms with van der Waals surface area (Å²) in [5, 5.41) is 16.9. The van der Waals surface area contributed by atoms with E-state index < -0.39 is 23.4 Å². The van der Waals surface area contributed by atoms with E-state index in [0.29, 0.717) is 33.6 Å². The molecule has 0 radical (unpaired) electrons. The lowest BCUT2D eigenvalue weighted by Crippen LogP contribution is -2.21. The third-order valence-electron chi connectivity index (χ3n) is 3.72. The zero-order chi connectivity index (χ0) is 21.5. The Bertz CT molecular complexity index is 1070. The Morgan fingerprint density at radius 1 is 1.20 bits per heavy atom. The Hall–Kier alpha value is -3.73. The van der Waals surface area contributed by atoms with Crippen LogP contribution in [0.4, 0.5) is 11.4 Å². The van der Waals surface area contributed by atoms with E-state index >= 15 is 0 Å². The maximum absolute atomic E-state index is 12.4. The van der Waals surface area contributed by atoms with Gasteiger partial charge in [0, 0.05) is 22.7 Å². The van der Waals surface area contributed by atoms with E-state index in [2.05, 4.69) is 15.5 Å². The number of hydrogen-bond donors (Lipinski definition) is 1. The number of nitro groups is 1. The van der Waals surface area contributed by atoms with Crippen LogP contribution >= 0.6 is 11.8 Å². The second kappa shape index (κ2) is 9.65. The number of amides is 1. The number of aryl methyl sites for hydroxylation is 1. The highest BCUT2D eigenvalue weighted by molar-refractivity contribution is 7.98. The van der Waals surface area contributed by atoms with E-state index in [1.807, 2.05) is 0 Å². The minimum atomic E-state index is -0.654. The molecule has 1 heterocycles. The Balaban J connectivity index is 1.55. The van der Waals surface area contributed by atoms with Gasteiger partial charge in [0.2, 0.25) is 5.89 Å². The number of non-ortho nitro benzene ring substituents is 1. The van der Waals surface area contributed by atoms with Crippen molar-refractivity contribution in [1.82, 2.24) is 10.1 Å². The molecule has 0 unspecified atom stereocenters. The summed E-state index contributed by atoms with van der Waals surface area (Å²) in [6.07, 6.45) is 0. The first-order chi connectivity index (χ1) is 14.4. The van der Waals surface area contributed by atoms with Crippen molar-refractivity contribution in [2.24, 2.45) is 0 Å². The fraction of sp³-hybridized carbons (Fsp3) is 0.158. The zero-order valence-electron chi connectivity index (χ0n) is 15.7. The molecule has 10 nitrogen and oxygen atoms in total. The van der Waals surface area contributed by atoms with E-state index in [-0.39, 0.29) is 5.69 Å². The number of aromatic nitrogens is 2. The first-order valence-corrected chi connectivity index (χ1v) is 9.63. The number of hydrogen-bond acceptors (Lipinski definition) is 9. The van der Waals surface area contributed by atoms with Gasteiger partial charge in [0.15, 0.2) is 12.4 Å². The van der Waals surface area contributed by atoms with Gasteiger partial charge in [-0.3, -0.25) is 14.9 Å². The van der Waals surface area contributed by atoms with Gasteiger partial charge in [-0.2, -0.15) is 4.98 Å². The summed E-state index contributed by atoms with van der Waals surface area (Å²) in [6, 6.07) is 12.1. The largest absolute Gasteiger partial charge is 0.452 e. The molecule has 0 atom stereocenters. The third-order valence-corrected chi connectivity index (χ3v) is 4.78. The Kier molecular flexibility index (Phi) is 6.75. The van der Waals surface area contributed by atoms with Crippen molar-refractivity contribution in [3.63, 3.8) is 0 Å². The van der Waals surface area contributed by atoms with Crippen LogP contribution in [0.5, 0.6) is 0 Å². The lowest BCUT2D eigenvalue weighted by atomic mass is 10.2. The molecular weight excluding hydrogens is 412 g/mol. The van der Waals surface area contributed by atoms with Crippen LogP contribution in [0.2, 0.25) is 0 Å². The van der Waals surface area contributed by atoms with Crippen molar-refractivity contribution >= 4 is 35.0 Å². The van der Waals surface area contributed by atoms with Crippen LogP contribution in [-0.2, 0) is 15.3 Å². The number of nitrogens with one attached hydrogen (secondary N) is 1. The molecule has 1 aromatic heterocycles. The first-order valence-electron chi connectivity index (χ1n) is 8.65. The van der Waals surface area contributed by atoms with Crippen LogP contribution in [0.25, 0.3) is 0 Å². The van der Waals surface area contributed by atoms with Gasteiger partial charge >= 0.3 is 5.97 Å². The highest BCUT2D eigenvalue weighted by atomic mass is 32.2. The molecule has 0 aliphatic heterocycles. The number of rotatable bonds is 8.